The summed E-state index contributed by atoms with van der Waals surface area (Å²) < 4.78 is 8.96. The van der Waals surface area contributed by atoms with Crippen molar-refractivity contribution in [3.8, 4) is 124 Å². The lowest BCUT2D eigenvalue weighted by Crippen LogP contribution is -2.45. The standard InChI is InChI=1S/C51H29N7O9S/c1-5-6-7-8-9-10-11-12-13-14-15-16-17-18-19-23-29-41-40(34-68-50-53-55-56-58(50)42-30-25-24-28-39(42)49(65)66)46(57(54-41)38-26-21-20-22-27-38)67-43(44(59)51(2,3)4)45(60)52-37-32-35(47(61)62)31-36(33-37)48(63)64/h1,20-22,24-28,30-33,43H,34H2,2-4H3,(H,52,60)(H,61,62)(H,63,64)(H,65,66). The lowest BCUT2D eigenvalue weighted by molar-refractivity contribution is -0.140. The number of Topliss-reactive ketones (excluding diaryl/α,β-unsaturated/α-hetero) is 1. The van der Waals surface area contributed by atoms with Crippen molar-refractivity contribution in [2.45, 2.75) is 37.8 Å². The number of para-hydroxylation sites is 2. The number of nitrogens with zero attached hydrogens (tertiary/aromatic N) is 6. The van der Waals surface area contributed by atoms with Crippen LogP contribution in [0.2, 0.25) is 0 Å². The Morgan fingerprint density at radius 3 is 1.81 bits per heavy atom. The number of benzene rings is 3. The lowest BCUT2D eigenvalue weighted by Gasteiger charge is -2.25. The molecule has 0 aliphatic carbocycles. The predicted octanol–water partition coefficient (Wildman–Crippen LogP) is 4.24. The molecule has 1 amide bonds. The smallest absolute Gasteiger partial charge is 0.337 e. The van der Waals surface area contributed by atoms with Gasteiger partial charge in [-0.25, -0.2) is 14.4 Å². The van der Waals surface area contributed by atoms with E-state index < -0.39 is 52.2 Å². The van der Waals surface area contributed by atoms with Crippen LogP contribution in [0.15, 0.2) is 78.0 Å². The Bertz CT molecular complexity index is 3420. The summed E-state index contributed by atoms with van der Waals surface area (Å²) in [7, 11) is 0. The highest BCUT2D eigenvalue weighted by Gasteiger charge is 2.39. The Labute approximate surface area is 393 Å². The Balaban J connectivity index is 1.61. The molecule has 4 N–H and O–H groups in total. The number of rotatable bonds is 13. The van der Waals surface area contributed by atoms with E-state index in [-0.39, 0.29) is 45.0 Å². The van der Waals surface area contributed by atoms with Gasteiger partial charge >= 0.3 is 17.9 Å². The summed E-state index contributed by atoms with van der Waals surface area (Å²) >= 11 is 1.01. The summed E-state index contributed by atoms with van der Waals surface area (Å²) in [5.41, 5.74) is -1.63. The maximum absolute atomic E-state index is 14.2. The molecule has 1 unspecified atom stereocenters. The first-order valence-corrected chi connectivity index (χ1v) is 20.2. The molecule has 3 aromatic carbocycles. The van der Waals surface area contributed by atoms with E-state index in [4.69, 9.17) is 16.3 Å². The SMILES string of the molecule is C#CC#CC#CC#CC#CC#CC#CC#CC#Cc1nn(-c2ccccc2)c(OC(C(=O)Nc2cc(C(=O)O)cc(C(=O)O)c2)C(=O)C(C)(C)C)c1CSc1nnnn1-c1ccccc1C(=O)O. The summed E-state index contributed by atoms with van der Waals surface area (Å²) in [6.07, 6.45) is 3.04. The van der Waals surface area contributed by atoms with Gasteiger partial charge in [-0.05, 0) is 154 Å². The van der Waals surface area contributed by atoms with Crippen LogP contribution in [0.3, 0.4) is 0 Å². The third kappa shape index (κ3) is 13.3. The minimum atomic E-state index is -1.96. The Morgan fingerprint density at radius 2 is 1.26 bits per heavy atom. The van der Waals surface area contributed by atoms with E-state index in [1.807, 2.05) is 0 Å². The van der Waals surface area contributed by atoms with Crippen LogP contribution in [0.25, 0.3) is 11.4 Å². The number of carbonyl (C=O) groups is 5. The molecule has 0 spiro atoms. The third-order valence-corrected chi connectivity index (χ3v) is 9.30. The Morgan fingerprint density at radius 1 is 0.721 bits per heavy atom. The number of amides is 1. The van der Waals surface area contributed by atoms with Gasteiger partial charge in [-0.1, -0.05) is 62.9 Å². The summed E-state index contributed by atoms with van der Waals surface area (Å²) in [5, 5.41) is 48.4. The maximum Gasteiger partial charge on any atom is 0.337 e. The van der Waals surface area contributed by atoms with Crippen molar-refractivity contribution in [1.82, 2.24) is 30.0 Å². The van der Waals surface area contributed by atoms with Crippen molar-refractivity contribution >= 4 is 47.0 Å². The van der Waals surface area contributed by atoms with E-state index in [9.17, 15) is 39.3 Å². The second-order valence-electron chi connectivity index (χ2n) is 14.0. The average Bonchev–Trinajstić information content (AvgIpc) is 3.93. The first-order valence-electron chi connectivity index (χ1n) is 19.2. The molecule has 0 fully saturated rings. The Hall–Kier alpha value is -10.3. The van der Waals surface area contributed by atoms with Crippen molar-refractivity contribution in [3.05, 3.63) is 101 Å². The number of thioether (sulfide) groups is 1. The van der Waals surface area contributed by atoms with E-state index >= 15 is 0 Å². The highest BCUT2D eigenvalue weighted by Crippen LogP contribution is 2.34. The van der Waals surface area contributed by atoms with Crippen molar-refractivity contribution in [2.24, 2.45) is 5.41 Å². The lowest BCUT2D eigenvalue weighted by atomic mass is 9.87. The number of tetrazole rings is 1. The maximum atomic E-state index is 14.2. The summed E-state index contributed by atoms with van der Waals surface area (Å²) in [4.78, 5) is 64.3. The Kier molecular flexibility index (Phi) is 16.8. The van der Waals surface area contributed by atoms with Crippen molar-refractivity contribution in [2.75, 3.05) is 5.32 Å². The van der Waals surface area contributed by atoms with Crippen LogP contribution in [0.5, 0.6) is 5.88 Å². The van der Waals surface area contributed by atoms with Gasteiger partial charge in [-0.2, -0.15) is 14.5 Å². The van der Waals surface area contributed by atoms with Crippen molar-refractivity contribution < 1.29 is 44.0 Å². The largest absolute Gasteiger partial charge is 0.478 e. The highest BCUT2D eigenvalue weighted by molar-refractivity contribution is 7.98. The van der Waals surface area contributed by atoms with E-state index in [2.05, 4.69) is 121 Å². The number of hydrogen-bond donors (Lipinski definition) is 4. The van der Waals surface area contributed by atoms with Crippen LogP contribution in [0.1, 0.15) is 63.1 Å². The van der Waals surface area contributed by atoms with Gasteiger partial charge in [-0.15, -0.1) is 11.5 Å². The second kappa shape index (κ2) is 23.4. The summed E-state index contributed by atoms with van der Waals surface area (Å²) in [5.74, 6) is 36.1. The summed E-state index contributed by atoms with van der Waals surface area (Å²) in [6.45, 7) is 4.66. The molecule has 5 aromatic rings. The van der Waals surface area contributed by atoms with Gasteiger partial charge in [0, 0.05) is 16.9 Å². The van der Waals surface area contributed by atoms with E-state index in [1.54, 1.807) is 63.2 Å². The van der Waals surface area contributed by atoms with Gasteiger partial charge < -0.3 is 25.4 Å². The molecule has 68 heavy (non-hydrogen) atoms. The summed E-state index contributed by atoms with van der Waals surface area (Å²) in [6, 6.07) is 17.5. The van der Waals surface area contributed by atoms with Crippen molar-refractivity contribution in [3.63, 3.8) is 0 Å². The topological polar surface area (TPSA) is 229 Å². The molecule has 0 saturated carbocycles. The molecular weight excluding hydrogens is 887 g/mol. The molecule has 16 nitrogen and oxygen atoms in total. The monoisotopic (exact) mass is 915 g/mol. The van der Waals surface area contributed by atoms with Crippen LogP contribution in [-0.2, 0) is 15.3 Å². The van der Waals surface area contributed by atoms with Crippen LogP contribution < -0.4 is 10.1 Å². The number of carboxylic acid groups (broad SMARTS) is 3. The fourth-order valence-electron chi connectivity index (χ4n) is 5.34. The zero-order chi connectivity index (χ0) is 49.1. The number of carbonyl (C=O) groups excluding carboxylic acids is 2. The molecule has 0 aliphatic rings. The van der Waals surface area contributed by atoms with Crippen LogP contribution in [-0.4, -0.2) is 81.0 Å². The number of nitrogens with one attached hydrogen (secondary N) is 1. The normalized spacial score (nSPS) is 9.85. The number of aromatic nitrogens is 6. The minimum Gasteiger partial charge on any atom is -0.478 e. The third-order valence-electron chi connectivity index (χ3n) is 8.35. The van der Waals surface area contributed by atoms with Gasteiger partial charge in [0.1, 0.15) is 5.69 Å². The zero-order valence-corrected chi connectivity index (χ0v) is 36.5. The quantitative estimate of drug-likeness (QED) is 0.0736. The predicted molar refractivity (Wildman–Crippen MR) is 247 cm³/mol. The molecule has 17 heteroatoms. The molecule has 2 aromatic heterocycles. The molecule has 328 valence electrons. The van der Waals surface area contributed by atoms with E-state index in [0.29, 0.717) is 5.69 Å². The molecule has 2 heterocycles. The number of ether oxygens (including phenoxy) is 1. The molecule has 0 aliphatic heterocycles. The van der Waals surface area contributed by atoms with Crippen LogP contribution >= 0.6 is 11.8 Å². The molecule has 5 rings (SSSR count). The fourth-order valence-corrected chi connectivity index (χ4v) is 6.23. The van der Waals surface area contributed by atoms with Crippen LogP contribution in [0, 0.1) is 112 Å². The van der Waals surface area contributed by atoms with Crippen LogP contribution in [0.4, 0.5) is 5.69 Å². The second-order valence-corrected chi connectivity index (χ2v) is 15.0. The minimum absolute atomic E-state index is 0.0511. The first kappa shape index (κ1) is 48.7. The van der Waals surface area contributed by atoms with Crippen molar-refractivity contribution in [1.29, 1.82) is 0 Å². The number of terminal acetylenes is 1. The zero-order valence-electron chi connectivity index (χ0n) is 35.7. The fraction of sp³-hybridized carbons (Fsp3) is 0.118. The van der Waals surface area contributed by atoms with E-state index in [0.717, 1.165) is 30.0 Å². The number of aromatic carboxylic acids is 3. The van der Waals surface area contributed by atoms with Gasteiger partial charge in [-0.3, -0.25) is 9.59 Å². The van der Waals surface area contributed by atoms with Gasteiger partial charge in [0.15, 0.2) is 5.78 Å². The number of ketones is 1. The molecule has 1 atom stereocenters. The van der Waals surface area contributed by atoms with Gasteiger partial charge in [0.05, 0.1) is 33.6 Å². The van der Waals surface area contributed by atoms with Gasteiger partial charge in [0.2, 0.25) is 17.1 Å². The van der Waals surface area contributed by atoms with E-state index in [1.165, 1.54) is 21.5 Å². The molecule has 0 bridgehead atoms. The number of hydrogen-bond acceptors (Lipinski definition) is 11. The molecule has 0 radical (unpaired) electrons. The first-order chi connectivity index (χ1) is 32.7. The number of carboxylic acids is 3. The highest BCUT2D eigenvalue weighted by atomic mass is 32.2. The average molecular weight is 916 g/mol. The van der Waals surface area contributed by atoms with Gasteiger partial charge in [0.25, 0.3) is 5.91 Å². The molecular formula is C51H29N7O9S. The number of anilines is 1. The molecule has 0 saturated heterocycles.